The minimum absolute atomic E-state index is 0.0844. The summed E-state index contributed by atoms with van der Waals surface area (Å²) in [6, 6.07) is 12.3. The summed E-state index contributed by atoms with van der Waals surface area (Å²) in [6.07, 6.45) is 2.97. The number of carbonyl (C=O) groups excluding carboxylic acids is 4. The van der Waals surface area contributed by atoms with E-state index in [1.54, 1.807) is 0 Å². The lowest BCUT2D eigenvalue weighted by atomic mass is 9.55. The normalized spacial score (nSPS) is 17.1. The first-order valence-corrected chi connectivity index (χ1v) is 17.2. The Bertz CT molecular complexity index is 1410. The molecule has 2 aromatic carbocycles. The molecule has 1 aliphatic rings. The van der Waals surface area contributed by atoms with Crippen molar-refractivity contribution in [1.82, 2.24) is 15.5 Å². The number of aliphatic carboxylic acids is 1. The van der Waals surface area contributed by atoms with E-state index in [0.29, 0.717) is 38.1 Å². The van der Waals surface area contributed by atoms with Gasteiger partial charge in [0.15, 0.2) is 0 Å². The number of aliphatic hydroxyl groups is 1. The Morgan fingerprint density at radius 2 is 1.69 bits per heavy atom. The van der Waals surface area contributed by atoms with Gasteiger partial charge in [0.2, 0.25) is 17.7 Å². The van der Waals surface area contributed by atoms with E-state index in [0.717, 1.165) is 29.2 Å². The molecule has 0 radical (unpaired) electrons. The van der Waals surface area contributed by atoms with Crippen molar-refractivity contribution in [3.8, 4) is 0 Å². The lowest BCUT2D eigenvalue weighted by molar-refractivity contribution is -0.142. The number of nitrogens with one attached hydrogen (secondary N) is 2. The summed E-state index contributed by atoms with van der Waals surface area (Å²) in [6.45, 7) is 6.81. The average Bonchev–Trinajstić information content (AvgIpc) is 3.54. The van der Waals surface area contributed by atoms with Gasteiger partial charge in [0.1, 0.15) is 17.9 Å². The van der Waals surface area contributed by atoms with E-state index in [-0.39, 0.29) is 37.0 Å². The van der Waals surface area contributed by atoms with Gasteiger partial charge >= 0.3 is 5.97 Å². The SMILES string of the molecule is CB(O)[C@@H](CC[C@H](Cc1cccc2ccccc12)NC(=O)[C@@H]1CCCN1C(=O)[C@@H](C)NC(=O)[C@H](CO)CC(=O)CCC(=O)O)CC(C)C. The molecule has 5 atom stereocenters. The maximum atomic E-state index is 13.9. The first kappa shape index (κ1) is 38.7. The van der Waals surface area contributed by atoms with Crippen LogP contribution in [-0.2, 0) is 30.4 Å². The van der Waals surface area contributed by atoms with Crippen molar-refractivity contribution in [2.75, 3.05) is 13.2 Å². The maximum Gasteiger partial charge on any atom is 0.303 e. The summed E-state index contributed by atoms with van der Waals surface area (Å²) in [5, 5.41) is 37.0. The van der Waals surface area contributed by atoms with Gasteiger partial charge < -0.3 is 30.8 Å². The van der Waals surface area contributed by atoms with Crippen LogP contribution >= 0.6 is 0 Å². The third-order valence-corrected chi connectivity index (χ3v) is 9.29. The second kappa shape index (κ2) is 18.7. The van der Waals surface area contributed by atoms with Gasteiger partial charge in [-0.2, -0.15) is 0 Å². The fourth-order valence-corrected chi connectivity index (χ4v) is 6.64. The molecule has 1 heterocycles. The van der Waals surface area contributed by atoms with Crippen molar-refractivity contribution in [3.05, 3.63) is 48.0 Å². The number of carboxylic acid groups (broad SMARTS) is 1. The molecule has 12 heteroatoms. The van der Waals surface area contributed by atoms with Crippen molar-refractivity contribution in [1.29, 1.82) is 0 Å². The number of ketones is 1. The lowest BCUT2D eigenvalue weighted by Crippen LogP contribution is -2.54. The Morgan fingerprint density at radius 1 is 0.979 bits per heavy atom. The first-order chi connectivity index (χ1) is 22.8. The quantitative estimate of drug-likeness (QED) is 0.142. The van der Waals surface area contributed by atoms with Crippen molar-refractivity contribution in [2.24, 2.45) is 11.8 Å². The number of carboxylic acids is 1. The fraction of sp³-hybridized carbons (Fsp3) is 0.583. The summed E-state index contributed by atoms with van der Waals surface area (Å²) in [4.78, 5) is 64.6. The summed E-state index contributed by atoms with van der Waals surface area (Å²) >= 11 is 0. The molecule has 5 N–H and O–H groups in total. The van der Waals surface area contributed by atoms with Crippen LogP contribution in [0.15, 0.2) is 42.5 Å². The van der Waals surface area contributed by atoms with Gasteiger partial charge in [0.25, 0.3) is 6.92 Å². The van der Waals surface area contributed by atoms with Crippen LogP contribution in [0.1, 0.15) is 77.7 Å². The van der Waals surface area contributed by atoms with Gasteiger partial charge in [0, 0.05) is 25.4 Å². The number of benzene rings is 2. The Morgan fingerprint density at radius 3 is 2.35 bits per heavy atom. The number of rotatable bonds is 19. The van der Waals surface area contributed by atoms with Crippen molar-refractivity contribution in [3.63, 3.8) is 0 Å². The highest BCUT2D eigenvalue weighted by molar-refractivity contribution is 6.50. The zero-order valence-electron chi connectivity index (χ0n) is 28.7. The van der Waals surface area contributed by atoms with Crippen molar-refractivity contribution >= 4 is 47.2 Å². The molecule has 0 aromatic heterocycles. The standard InChI is InChI=1S/C36H52BN3O8/c1-23(2)19-28(37(4)48)14-15-29(20-26-11-7-10-25-9-5-6-12-31(25)26)39-35(46)32-13-8-18-40(32)36(47)24(3)38-34(45)27(22-41)21-30(42)16-17-33(43)44/h5-7,9-12,23-24,27-29,32,41,48H,8,13-22H2,1-4H3,(H,38,45)(H,39,46)(H,43,44)/t24-,27+,28+,29-,32+/m1/s1. The van der Waals surface area contributed by atoms with Gasteiger partial charge in [-0.25, -0.2) is 0 Å². The van der Waals surface area contributed by atoms with E-state index in [4.69, 9.17) is 5.11 Å². The maximum absolute atomic E-state index is 13.9. The number of likely N-dealkylation sites (tertiary alicyclic amines) is 1. The largest absolute Gasteiger partial charge is 0.481 e. The Hall–Kier alpha value is -3.77. The van der Waals surface area contributed by atoms with E-state index < -0.39 is 55.1 Å². The van der Waals surface area contributed by atoms with Gasteiger partial charge in [-0.15, -0.1) is 0 Å². The number of hydrogen-bond donors (Lipinski definition) is 5. The summed E-state index contributed by atoms with van der Waals surface area (Å²) in [5.74, 6) is -3.61. The highest BCUT2D eigenvalue weighted by atomic mass is 16.4. The lowest BCUT2D eigenvalue weighted by Gasteiger charge is -2.30. The van der Waals surface area contributed by atoms with E-state index in [2.05, 4.69) is 48.7 Å². The zero-order valence-corrected chi connectivity index (χ0v) is 28.7. The third kappa shape index (κ3) is 11.4. The molecule has 1 saturated heterocycles. The highest BCUT2D eigenvalue weighted by Gasteiger charge is 2.38. The monoisotopic (exact) mass is 665 g/mol. The molecular formula is C36H52BN3O8. The number of nitrogens with zero attached hydrogens (tertiary/aromatic N) is 1. The zero-order chi connectivity index (χ0) is 35.4. The molecule has 0 saturated carbocycles. The number of carbonyl (C=O) groups is 5. The number of fused-ring (bicyclic) bond motifs is 1. The van der Waals surface area contributed by atoms with Crippen LogP contribution < -0.4 is 10.6 Å². The van der Waals surface area contributed by atoms with Crippen molar-refractivity contribution in [2.45, 2.75) is 109 Å². The number of amides is 3. The predicted molar refractivity (Wildman–Crippen MR) is 185 cm³/mol. The molecule has 11 nitrogen and oxygen atoms in total. The minimum atomic E-state index is -1.13. The predicted octanol–water partition coefficient (Wildman–Crippen LogP) is 3.61. The summed E-state index contributed by atoms with van der Waals surface area (Å²) in [7, 11) is 0. The van der Waals surface area contributed by atoms with Crippen molar-refractivity contribution < 1.29 is 39.2 Å². The number of hydrogen-bond acceptors (Lipinski definition) is 7. The molecule has 0 bridgehead atoms. The smallest absolute Gasteiger partial charge is 0.303 e. The number of aliphatic hydroxyl groups excluding tert-OH is 1. The molecular weight excluding hydrogens is 613 g/mol. The highest BCUT2D eigenvalue weighted by Crippen LogP contribution is 2.28. The molecule has 1 aliphatic heterocycles. The second-order valence-corrected chi connectivity index (χ2v) is 13.7. The van der Waals surface area contributed by atoms with E-state index >= 15 is 0 Å². The second-order valence-electron chi connectivity index (χ2n) is 13.7. The molecule has 0 aliphatic carbocycles. The van der Waals surface area contributed by atoms with Gasteiger partial charge in [-0.1, -0.05) is 76.0 Å². The fourth-order valence-electron chi connectivity index (χ4n) is 6.64. The van der Waals surface area contributed by atoms with Gasteiger partial charge in [0.05, 0.1) is 18.9 Å². The molecule has 0 spiro atoms. The van der Waals surface area contributed by atoms with Crippen LogP contribution in [0.3, 0.4) is 0 Å². The Labute approximate surface area is 284 Å². The molecule has 48 heavy (non-hydrogen) atoms. The topological polar surface area (TPSA) is 173 Å². The Kier molecular flexibility index (Phi) is 15.1. The molecule has 1 fully saturated rings. The van der Waals surface area contributed by atoms with Gasteiger partial charge in [-0.3, -0.25) is 24.0 Å². The van der Waals surface area contributed by atoms with Crippen LogP contribution in [0.2, 0.25) is 12.6 Å². The minimum Gasteiger partial charge on any atom is -0.481 e. The van der Waals surface area contributed by atoms with Crippen LogP contribution in [0.5, 0.6) is 0 Å². The first-order valence-electron chi connectivity index (χ1n) is 17.2. The molecule has 262 valence electrons. The summed E-state index contributed by atoms with van der Waals surface area (Å²) in [5.41, 5.74) is 1.10. The molecule has 0 unspecified atom stereocenters. The van der Waals surface area contributed by atoms with E-state index in [1.165, 1.54) is 11.8 Å². The molecule has 2 aromatic rings. The van der Waals surface area contributed by atoms with Crippen LogP contribution in [0, 0.1) is 11.8 Å². The Balaban J connectivity index is 1.71. The van der Waals surface area contributed by atoms with Crippen LogP contribution in [-0.4, -0.2) is 87.8 Å². The van der Waals surface area contributed by atoms with Crippen LogP contribution in [0.4, 0.5) is 0 Å². The number of Topliss-reactive ketones (excluding diaryl/α,β-unsaturated/α-hetero) is 1. The average molecular weight is 666 g/mol. The van der Waals surface area contributed by atoms with Gasteiger partial charge in [-0.05, 0) is 60.7 Å². The molecule has 3 amide bonds. The third-order valence-electron chi connectivity index (χ3n) is 9.29. The van der Waals surface area contributed by atoms with Crippen LogP contribution in [0.25, 0.3) is 10.8 Å². The summed E-state index contributed by atoms with van der Waals surface area (Å²) < 4.78 is 0. The van der Waals surface area contributed by atoms with E-state index in [1.807, 2.05) is 25.0 Å². The van der Waals surface area contributed by atoms with E-state index in [9.17, 15) is 34.1 Å². The molecule has 3 rings (SSSR count).